The van der Waals surface area contributed by atoms with Crippen LogP contribution >= 0.6 is 23.2 Å². The first kappa shape index (κ1) is 27.6. The molecule has 0 saturated carbocycles. The highest BCUT2D eigenvalue weighted by atomic mass is 35.5. The Hall–Kier alpha value is -4.41. The van der Waals surface area contributed by atoms with Crippen molar-refractivity contribution in [1.82, 2.24) is 19.8 Å². The molecule has 0 aliphatic carbocycles. The number of fused-ring (bicyclic) bond motifs is 1. The second kappa shape index (κ2) is 11.5. The average Bonchev–Trinajstić information content (AvgIpc) is 2.89. The van der Waals surface area contributed by atoms with Gasteiger partial charge in [-0.1, -0.05) is 47.5 Å². The van der Waals surface area contributed by atoms with Gasteiger partial charge in [-0.25, -0.2) is 14.2 Å². The van der Waals surface area contributed by atoms with Crippen LogP contribution in [0.4, 0.5) is 0 Å². The highest BCUT2D eigenvalue weighted by Crippen LogP contribution is 2.24. The number of rotatable bonds is 9. The monoisotopic (exact) mass is 568 g/mol. The van der Waals surface area contributed by atoms with Gasteiger partial charge in [0.15, 0.2) is 0 Å². The highest BCUT2D eigenvalue weighted by Gasteiger charge is 2.24. The second-order valence-corrected chi connectivity index (χ2v) is 9.62. The number of H-pyrrole nitrogens is 1. The molecular weight excluding hydrogens is 547 g/mol. The maximum atomic E-state index is 13.2. The molecular formula is C27H22Cl2N4O6. The van der Waals surface area contributed by atoms with Gasteiger partial charge < -0.3 is 20.3 Å². The number of nitrogens with one attached hydrogen (secondary N) is 2. The van der Waals surface area contributed by atoms with Gasteiger partial charge in [0.1, 0.15) is 6.04 Å². The van der Waals surface area contributed by atoms with E-state index in [1.807, 2.05) is 0 Å². The lowest BCUT2D eigenvalue weighted by molar-refractivity contribution is -0.139. The molecule has 3 N–H and O–H groups in total. The fourth-order valence-electron chi connectivity index (χ4n) is 4.08. The Morgan fingerprint density at radius 1 is 1.05 bits per heavy atom. The Kier molecular flexibility index (Phi) is 8.18. The molecule has 4 rings (SSSR count). The van der Waals surface area contributed by atoms with Crippen LogP contribution in [0.15, 0.2) is 70.3 Å². The quantitative estimate of drug-likeness (QED) is 0.265. The maximum absolute atomic E-state index is 13.2. The number of aromatic amines is 1. The van der Waals surface area contributed by atoms with E-state index < -0.39 is 29.2 Å². The van der Waals surface area contributed by atoms with Gasteiger partial charge >= 0.3 is 11.7 Å². The Bertz CT molecular complexity index is 1680. The van der Waals surface area contributed by atoms with E-state index in [-0.39, 0.29) is 39.6 Å². The number of nitrogens with zero attached hydrogens (tertiary/aromatic N) is 2. The van der Waals surface area contributed by atoms with Crippen molar-refractivity contribution < 1.29 is 19.5 Å². The van der Waals surface area contributed by atoms with Crippen LogP contribution in [-0.2, 0) is 22.6 Å². The Balaban J connectivity index is 1.60. The van der Waals surface area contributed by atoms with Gasteiger partial charge in [0.05, 0.1) is 32.2 Å². The van der Waals surface area contributed by atoms with Crippen LogP contribution in [0.5, 0.6) is 0 Å². The number of hydrogen-bond donors (Lipinski definition) is 3. The van der Waals surface area contributed by atoms with Crippen LogP contribution in [0.25, 0.3) is 16.6 Å². The van der Waals surface area contributed by atoms with Gasteiger partial charge in [0.25, 0.3) is 11.5 Å². The van der Waals surface area contributed by atoms with Crippen LogP contribution in [0.2, 0.25) is 10.0 Å². The lowest BCUT2D eigenvalue weighted by Gasteiger charge is -2.16. The maximum Gasteiger partial charge on any atom is 0.333 e. The highest BCUT2D eigenvalue weighted by molar-refractivity contribution is 6.39. The van der Waals surface area contributed by atoms with E-state index in [9.17, 15) is 29.1 Å². The lowest BCUT2D eigenvalue weighted by atomic mass is 10.0. The largest absolute Gasteiger partial charge is 0.480 e. The SMILES string of the molecule is CN(C=O)Cc1ccc2[nH]c(=O)n(-c3ccc(C[C@H](NC(=O)c4c(Cl)cccc4Cl)C(=O)O)cc3)c(=O)c2c1. The summed E-state index contributed by atoms with van der Waals surface area (Å²) in [5.74, 6) is -2.00. The van der Waals surface area contributed by atoms with Crippen molar-refractivity contribution in [3.8, 4) is 5.69 Å². The molecule has 1 atom stereocenters. The molecule has 0 aliphatic heterocycles. The average molecular weight is 569 g/mol. The van der Waals surface area contributed by atoms with E-state index >= 15 is 0 Å². The molecule has 0 radical (unpaired) electrons. The minimum atomic E-state index is -1.30. The van der Waals surface area contributed by atoms with Crippen molar-refractivity contribution in [2.24, 2.45) is 0 Å². The third kappa shape index (κ3) is 6.02. The van der Waals surface area contributed by atoms with Crippen molar-refractivity contribution in [3.63, 3.8) is 0 Å². The molecule has 3 aromatic carbocycles. The van der Waals surface area contributed by atoms with Gasteiger partial charge in [0, 0.05) is 20.0 Å². The van der Waals surface area contributed by atoms with Gasteiger partial charge in [-0.2, -0.15) is 0 Å². The van der Waals surface area contributed by atoms with Gasteiger partial charge in [-0.05, 0) is 47.5 Å². The fraction of sp³-hybridized carbons (Fsp3) is 0.148. The number of carbonyl (C=O) groups is 3. The Labute approximate surface area is 231 Å². The molecule has 10 nitrogen and oxygen atoms in total. The van der Waals surface area contributed by atoms with E-state index in [1.54, 1.807) is 43.4 Å². The molecule has 0 unspecified atom stereocenters. The van der Waals surface area contributed by atoms with E-state index in [1.165, 1.54) is 29.2 Å². The first-order valence-electron chi connectivity index (χ1n) is 11.6. The van der Waals surface area contributed by atoms with Crippen LogP contribution < -0.4 is 16.6 Å². The number of aromatic nitrogens is 2. The van der Waals surface area contributed by atoms with Gasteiger partial charge in [0.2, 0.25) is 6.41 Å². The predicted octanol–water partition coefficient (Wildman–Crippen LogP) is 3.00. The van der Waals surface area contributed by atoms with Crippen LogP contribution in [0.3, 0.4) is 0 Å². The molecule has 200 valence electrons. The molecule has 4 aromatic rings. The van der Waals surface area contributed by atoms with Crippen LogP contribution in [0, 0.1) is 0 Å². The van der Waals surface area contributed by atoms with Gasteiger partial charge in [-0.3, -0.25) is 14.4 Å². The normalized spacial score (nSPS) is 11.7. The fourth-order valence-corrected chi connectivity index (χ4v) is 4.65. The first-order valence-corrected chi connectivity index (χ1v) is 12.3. The molecule has 2 amide bonds. The summed E-state index contributed by atoms with van der Waals surface area (Å²) < 4.78 is 0.967. The van der Waals surface area contributed by atoms with Crippen molar-refractivity contribution in [2.75, 3.05) is 7.05 Å². The summed E-state index contributed by atoms with van der Waals surface area (Å²) >= 11 is 12.1. The molecule has 39 heavy (non-hydrogen) atoms. The zero-order valence-electron chi connectivity index (χ0n) is 20.5. The number of halogens is 2. The smallest absolute Gasteiger partial charge is 0.333 e. The van der Waals surface area contributed by atoms with E-state index in [2.05, 4.69) is 10.3 Å². The summed E-state index contributed by atoms with van der Waals surface area (Å²) in [6.45, 7) is 0.288. The minimum Gasteiger partial charge on any atom is -0.480 e. The predicted molar refractivity (Wildman–Crippen MR) is 147 cm³/mol. The molecule has 0 bridgehead atoms. The number of carboxylic acids is 1. The molecule has 0 fully saturated rings. The van der Waals surface area contributed by atoms with Crippen LogP contribution in [-0.4, -0.2) is 50.9 Å². The van der Waals surface area contributed by atoms with Crippen molar-refractivity contribution >= 4 is 52.4 Å². The van der Waals surface area contributed by atoms with Gasteiger partial charge in [-0.15, -0.1) is 0 Å². The lowest BCUT2D eigenvalue weighted by Crippen LogP contribution is -2.42. The number of carbonyl (C=O) groups excluding carboxylic acids is 2. The number of amides is 2. The molecule has 1 heterocycles. The topological polar surface area (TPSA) is 142 Å². The summed E-state index contributed by atoms with van der Waals surface area (Å²) in [6, 6.07) is 14.3. The third-order valence-corrected chi connectivity index (χ3v) is 6.63. The summed E-state index contributed by atoms with van der Waals surface area (Å²) in [4.78, 5) is 65.5. The number of carboxylic acid groups (broad SMARTS) is 1. The Morgan fingerprint density at radius 2 is 1.69 bits per heavy atom. The van der Waals surface area contributed by atoms with Crippen LogP contribution in [0.1, 0.15) is 21.5 Å². The molecule has 0 saturated heterocycles. The standard InChI is InChI=1S/C27H22Cl2N4O6/c1-32(14-34)13-16-7-10-21-18(11-16)25(36)33(27(39)31-21)17-8-5-15(6-9-17)12-22(26(37)38)30-24(35)23-19(28)3-2-4-20(23)29/h2-11,14,22H,12-13H2,1H3,(H,30,35)(H,31,39)(H,37,38)/t22-/m0/s1. The third-order valence-electron chi connectivity index (χ3n) is 6.00. The summed E-state index contributed by atoms with van der Waals surface area (Å²) in [6.07, 6.45) is 0.587. The minimum absolute atomic E-state index is 0.0294. The van der Waals surface area contributed by atoms with E-state index in [0.717, 1.165) is 4.57 Å². The first-order chi connectivity index (χ1) is 18.6. The molecule has 12 heteroatoms. The van der Waals surface area contributed by atoms with E-state index in [4.69, 9.17) is 23.2 Å². The molecule has 0 aliphatic rings. The summed E-state index contributed by atoms with van der Waals surface area (Å²) in [7, 11) is 1.61. The zero-order chi connectivity index (χ0) is 28.3. The number of hydrogen-bond acceptors (Lipinski definition) is 5. The zero-order valence-corrected chi connectivity index (χ0v) is 22.0. The van der Waals surface area contributed by atoms with E-state index in [0.29, 0.717) is 23.1 Å². The summed E-state index contributed by atoms with van der Waals surface area (Å²) in [5.41, 5.74) is 0.632. The van der Waals surface area contributed by atoms with Crippen molar-refractivity contribution in [2.45, 2.75) is 19.0 Å². The molecule has 0 spiro atoms. The van der Waals surface area contributed by atoms with Crippen molar-refractivity contribution in [1.29, 1.82) is 0 Å². The Morgan fingerprint density at radius 3 is 2.31 bits per heavy atom. The molecule has 1 aromatic heterocycles. The number of benzene rings is 3. The van der Waals surface area contributed by atoms with Crippen molar-refractivity contribution in [3.05, 3.63) is 108 Å². The second-order valence-electron chi connectivity index (χ2n) is 8.80. The summed E-state index contributed by atoms with van der Waals surface area (Å²) in [5, 5.41) is 12.5. The number of aliphatic carboxylic acids is 1.